The Morgan fingerprint density at radius 3 is 2.73 bits per heavy atom. The normalized spacial score (nSPS) is 11.0. The Hall–Kier alpha value is -3.39. The number of fused-ring (bicyclic) bond motifs is 2. The Morgan fingerprint density at radius 1 is 1.12 bits per heavy atom. The number of aromatic hydroxyl groups is 1. The SMILES string of the molecule is Cc1cc2ccccc2c(NNc2snc3ccc([N+](=O)[O-])cc23)c1O. The fourth-order valence-electron chi connectivity index (χ4n) is 2.86. The number of phenolic OH excluding ortho intramolecular Hbond substituents is 1. The van der Waals surface area contributed by atoms with Gasteiger partial charge in [0, 0.05) is 22.9 Å². The lowest BCUT2D eigenvalue weighted by molar-refractivity contribution is -0.384. The first-order chi connectivity index (χ1) is 12.5. The number of hydrogen-bond donors (Lipinski definition) is 3. The van der Waals surface area contributed by atoms with Crippen molar-refractivity contribution in [2.24, 2.45) is 0 Å². The van der Waals surface area contributed by atoms with E-state index in [0.29, 0.717) is 21.6 Å². The van der Waals surface area contributed by atoms with Gasteiger partial charge in [-0.05, 0) is 41.5 Å². The van der Waals surface area contributed by atoms with Gasteiger partial charge in [-0.3, -0.25) is 21.0 Å². The molecule has 1 heterocycles. The molecule has 0 amide bonds. The lowest BCUT2D eigenvalue weighted by atomic mass is 10.0. The monoisotopic (exact) mass is 366 g/mol. The molecule has 0 radical (unpaired) electrons. The van der Waals surface area contributed by atoms with E-state index in [1.807, 2.05) is 37.3 Å². The molecule has 8 heteroatoms. The predicted molar refractivity (Wildman–Crippen MR) is 104 cm³/mol. The number of rotatable bonds is 4. The van der Waals surface area contributed by atoms with Crippen molar-refractivity contribution >= 4 is 49.6 Å². The Morgan fingerprint density at radius 2 is 1.92 bits per heavy atom. The minimum absolute atomic E-state index is 0.00426. The Balaban J connectivity index is 1.73. The second kappa shape index (κ2) is 6.16. The largest absolute Gasteiger partial charge is 0.505 e. The first kappa shape index (κ1) is 16.1. The molecule has 0 saturated carbocycles. The molecule has 0 aliphatic rings. The van der Waals surface area contributed by atoms with Gasteiger partial charge in [0.2, 0.25) is 0 Å². The van der Waals surface area contributed by atoms with Crippen LogP contribution in [-0.2, 0) is 0 Å². The van der Waals surface area contributed by atoms with Gasteiger partial charge in [-0.15, -0.1) is 0 Å². The number of anilines is 2. The maximum atomic E-state index is 11.0. The lowest BCUT2D eigenvalue weighted by Gasteiger charge is -2.14. The number of benzene rings is 3. The molecule has 0 aliphatic carbocycles. The van der Waals surface area contributed by atoms with Crippen LogP contribution >= 0.6 is 11.5 Å². The highest BCUT2D eigenvalue weighted by Gasteiger charge is 2.14. The van der Waals surface area contributed by atoms with Crippen molar-refractivity contribution in [1.29, 1.82) is 0 Å². The van der Waals surface area contributed by atoms with Crippen molar-refractivity contribution in [2.75, 3.05) is 10.9 Å². The van der Waals surface area contributed by atoms with Gasteiger partial charge in [-0.1, -0.05) is 24.3 Å². The van der Waals surface area contributed by atoms with E-state index in [9.17, 15) is 15.2 Å². The number of nitro groups is 1. The Labute approximate surface area is 152 Å². The van der Waals surface area contributed by atoms with Crippen LogP contribution in [0, 0.1) is 17.0 Å². The average molecular weight is 366 g/mol. The molecule has 0 atom stereocenters. The molecule has 0 fully saturated rings. The van der Waals surface area contributed by atoms with E-state index in [4.69, 9.17) is 0 Å². The molecule has 130 valence electrons. The summed E-state index contributed by atoms with van der Waals surface area (Å²) in [5, 5.41) is 24.6. The number of nitrogens with one attached hydrogen (secondary N) is 2. The molecule has 1 aromatic heterocycles. The van der Waals surface area contributed by atoms with Gasteiger partial charge < -0.3 is 5.11 Å². The van der Waals surface area contributed by atoms with Crippen molar-refractivity contribution < 1.29 is 10.0 Å². The van der Waals surface area contributed by atoms with Gasteiger partial charge in [0.05, 0.1) is 10.4 Å². The third-order valence-electron chi connectivity index (χ3n) is 4.18. The Bertz CT molecular complexity index is 1160. The van der Waals surface area contributed by atoms with Gasteiger partial charge in [0.1, 0.15) is 16.4 Å². The quantitative estimate of drug-likeness (QED) is 0.272. The van der Waals surface area contributed by atoms with Gasteiger partial charge >= 0.3 is 0 Å². The number of non-ortho nitro benzene ring substituents is 1. The summed E-state index contributed by atoms with van der Waals surface area (Å²) >= 11 is 1.19. The van der Waals surface area contributed by atoms with E-state index in [0.717, 1.165) is 16.3 Å². The zero-order valence-electron chi connectivity index (χ0n) is 13.7. The Kier molecular flexibility index (Phi) is 3.81. The third kappa shape index (κ3) is 2.66. The fraction of sp³-hybridized carbons (Fsp3) is 0.0556. The number of hydrazine groups is 1. The molecule has 26 heavy (non-hydrogen) atoms. The van der Waals surface area contributed by atoms with Crippen LogP contribution in [0.3, 0.4) is 0 Å². The molecule has 0 bridgehead atoms. The van der Waals surface area contributed by atoms with E-state index in [1.165, 1.54) is 23.7 Å². The summed E-state index contributed by atoms with van der Waals surface area (Å²) in [7, 11) is 0. The molecule has 7 nitrogen and oxygen atoms in total. The minimum atomic E-state index is -0.436. The minimum Gasteiger partial charge on any atom is -0.505 e. The summed E-state index contributed by atoms with van der Waals surface area (Å²) in [5.41, 5.74) is 8.04. The van der Waals surface area contributed by atoms with Gasteiger partial charge in [0.15, 0.2) is 0 Å². The first-order valence-corrected chi connectivity index (χ1v) is 8.59. The van der Waals surface area contributed by atoms with Crippen molar-refractivity contribution in [2.45, 2.75) is 6.92 Å². The van der Waals surface area contributed by atoms with Gasteiger partial charge in [0.25, 0.3) is 5.69 Å². The highest BCUT2D eigenvalue weighted by molar-refractivity contribution is 7.11. The van der Waals surface area contributed by atoms with Gasteiger partial charge in [-0.25, -0.2) is 0 Å². The van der Waals surface area contributed by atoms with Gasteiger partial charge in [-0.2, -0.15) is 4.37 Å². The topological polar surface area (TPSA) is 100 Å². The molecule has 0 saturated heterocycles. The summed E-state index contributed by atoms with van der Waals surface area (Å²) < 4.78 is 4.29. The third-order valence-corrected chi connectivity index (χ3v) is 4.98. The van der Waals surface area contributed by atoms with Crippen molar-refractivity contribution in [3.05, 3.63) is 64.2 Å². The summed E-state index contributed by atoms with van der Waals surface area (Å²) in [5.74, 6) is 0.149. The molecule has 0 spiro atoms. The maximum Gasteiger partial charge on any atom is 0.270 e. The molecule has 4 rings (SSSR count). The van der Waals surface area contributed by atoms with Crippen LogP contribution in [0.25, 0.3) is 21.7 Å². The fourth-order valence-corrected chi connectivity index (χ4v) is 3.56. The first-order valence-electron chi connectivity index (χ1n) is 7.82. The number of hydrogen-bond acceptors (Lipinski definition) is 7. The summed E-state index contributed by atoms with van der Waals surface area (Å²) in [6.07, 6.45) is 0. The molecular weight excluding hydrogens is 352 g/mol. The molecule has 0 unspecified atom stereocenters. The average Bonchev–Trinajstić information content (AvgIpc) is 3.04. The molecular formula is C18H14N4O3S. The smallest absolute Gasteiger partial charge is 0.270 e. The zero-order chi connectivity index (χ0) is 18.3. The molecule has 3 aromatic carbocycles. The van der Waals surface area contributed by atoms with Crippen molar-refractivity contribution in [1.82, 2.24) is 4.37 Å². The number of aromatic nitrogens is 1. The van der Waals surface area contributed by atoms with E-state index < -0.39 is 4.92 Å². The van der Waals surface area contributed by atoms with Crippen LogP contribution in [0.1, 0.15) is 5.56 Å². The van der Waals surface area contributed by atoms with Crippen LogP contribution in [-0.4, -0.2) is 14.4 Å². The number of nitrogens with zero attached hydrogens (tertiary/aromatic N) is 2. The van der Waals surface area contributed by atoms with Crippen LogP contribution in [0.4, 0.5) is 16.4 Å². The summed E-state index contributed by atoms with van der Waals surface area (Å²) in [4.78, 5) is 10.6. The van der Waals surface area contributed by atoms with Crippen LogP contribution < -0.4 is 10.9 Å². The van der Waals surface area contributed by atoms with Crippen molar-refractivity contribution in [3.63, 3.8) is 0 Å². The number of nitro benzene ring substituents is 1. The maximum absolute atomic E-state index is 11.0. The summed E-state index contributed by atoms with van der Waals surface area (Å²) in [6.45, 7) is 1.83. The van der Waals surface area contributed by atoms with E-state index >= 15 is 0 Å². The van der Waals surface area contributed by atoms with E-state index in [1.54, 1.807) is 6.07 Å². The predicted octanol–water partition coefficient (Wildman–Crippen LogP) is 4.81. The van der Waals surface area contributed by atoms with Crippen LogP contribution in [0.2, 0.25) is 0 Å². The second-order valence-electron chi connectivity index (χ2n) is 5.86. The van der Waals surface area contributed by atoms with Crippen LogP contribution in [0.5, 0.6) is 5.75 Å². The zero-order valence-corrected chi connectivity index (χ0v) is 14.5. The molecule has 4 aromatic rings. The number of aryl methyl sites for hydroxylation is 1. The summed E-state index contributed by atoms with van der Waals surface area (Å²) in [6, 6.07) is 14.2. The molecule has 3 N–H and O–H groups in total. The van der Waals surface area contributed by atoms with E-state index in [-0.39, 0.29) is 11.4 Å². The standard InChI is InChI=1S/C18H14N4O3S/c1-10-8-11-4-2-3-5-13(11)16(17(10)23)19-20-18-14-9-12(22(24)25)6-7-15(14)21-26-18/h2-9,19-20,23H,1H3. The van der Waals surface area contributed by atoms with Crippen molar-refractivity contribution in [3.8, 4) is 5.75 Å². The second-order valence-corrected chi connectivity index (χ2v) is 6.63. The van der Waals surface area contributed by atoms with Crippen LogP contribution in [0.15, 0.2) is 48.5 Å². The lowest BCUT2D eigenvalue weighted by Crippen LogP contribution is -2.08. The highest BCUT2D eigenvalue weighted by atomic mass is 32.1. The van der Waals surface area contributed by atoms with E-state index in [2.05, 4.69) is 15.2 Å². The highest BCUT2D eigenvalue weighted by Crippen LogP contribution is 2.37. The molecule has 0 aliphatic heterocycles. The number of phenols is 1.